The van der Waals surface area contributed by atoms with E-state index in [9.17, 15) is 0 Å². The normalized spacial score (nSPS) is 11.2. The Labute approximate surface area is 154 Å². The summed E-state index contributed by atoms with van der Waals surface area (Å²) in [5, 5.41) is 2.15. The molecular formula is C21H25N3O2. The van der Waals surface area contributed by atoms with E-state index < -0.39 is 0 Å². The van der Waals surface area contributed by atoms with Gasteiger partial charge in [-0.1, -0.05) is 30.3 Å². The zero-order valence-corrected chi connectivity index (χ0v) is 15.3. The molecule has 0 spiro atoms. The van der Waals surface area contributed by atoms with E-state index in [1.807, 2.05) is 50.5 Å². The maximum absolute atomic E-state index is 5.96. The number of hydrogen-bond donors (Lipinski definition) is 1. The number of pyridine rings is 1. The maximum atomic E-state index is 5.96. The lowest BCUT2D eigenvalue weighted by Gasteiger charge is -2.13. The van der Waals surface area contributed by atoms with Gasteiger partial charge in [-0.2, -0.15) is 0 Å². The second-order valence-corrected chi connectivity index (χ2v) is 6.37. The molecule has 1 heterocycles. The number of aromatic nitrogens is 1. The van der Waals surface area contributed by atoms with Gasteiger partial charge < -0.3 is 20.1 Å². The van der Waals surface area contributed by atoms with Crippen LogP contribution >= 0.6 is 0 Å². The molecule has 5 nitrogen and oxygen atoms in total. The topological polar surface area (TPSA) is 60.6 Å². The molecule has 136 valence electrons. The molecule has 0 fully saturated rings. The average Bonchev–Trinajstić information content (AvgIpc) is 2.64. The highest BCUT2D eigenvalue weighted by Gasteiger charge is 2.09. The molecule has 0 bridgehead atoms. The molecule has 0 saturated heterocycles. The predicted octanol–water partition coefficient (Wildman–Crippen LogP) is 3.44. The summed E-state index contributed by atoms with van der Waals surface area (Å²) >= 11 is 0. The molecule has 0 saturated carbocycles. The van der Waals surface area contributed by atoms with Gasteiger partial charge in [0.15, 0.2) is 0 Å². The van der Waals surface area contributed by atoms with E-state index in [1.54, 1.807) is 6.07 Å². The first-order valence-electron chi connectivity index (χ1n) is 8.75. The quantitative estimate of drug-likeness (QED) is 0.630. The van der Waals surface area contributed by atoms with Gasteiger partial charge in [0.1, 0.15) is 18.2 Å². The molecule has 5 heteroatoms. The Morgan fingerprint density at radius 3 is 2.46 bits per heavy atom. The summed E-state index contributed by atoms with van der Waals surface area (Å²) in [6.45, 7) is 2.70. The van der Waals surface area contributed by atoms with Crippen molar-refractivity contribution >= 4 is 16.6 Å². The van der Waals surface area contributed by atoms with Crippen LogP contribution in [0.25, 0.3) is 22.0 Å². The van der Waals surface area contributed by atoms with E-state index in [0.717, 1.165) is 34.3 Å². The average molecular weight is 351 g/mol. The molecule has 3 rings (SSSR count). The Kier molecular flexibility index (Phi) is 6.04. The number of nitrogens with two attached hydrogens (primary N) is 1. The van der Waals surface area contributed by atoms with Crippen LogP contribution in [0.3, 0.4) is 0 Å². The van der Waals surface area contributed by atoms with E-state index in [2.05, 4.69) is 22.0 Å². The molecule has 0 radical (unpaired) electrons. The Balaban J connectivity index is 1.76. The maximum Gasteiger partial charge on any atom is 0.127 e. The van der Waals surface area contributed by atoms with E-state index in [1.165, 1.54) is 0 Å². The smallest absolute Gasteiger partial charge is 0.127 e. The van der Waals surface area contributed by atoms with E-state index in [0.29, 0.717) is 25.6 Å². The van der Waals surface area contributed by atoms with Crippen molar-refractivity contribution in [2.24, 2.45) is 0 Å². The van der Waals surface area contributed by atoms with Gasteiger partial charge in [-0.15, -0.1) is 0 Å². The van der Waals surface area contributed by atoms with Crippen molar-refractivity contribution in [2.45, 2.75) is 0 Å². The standard InChI is InChI=1S/C21H25N3O2/c1-24(2)12-13-25-14-15-26-20-11-10-17(16-6-3-4-7-18(16)20)19-8-5-9-21(22)23-19/h3-11H,12-15H2,1-2H3,(H2,22,23). The molecule has 0 aliphatic carbocycles. The summed E-state index contributed by atoms with van der Waals surface area (Å²) in [4.78, 5) is 6.54. The minimum atomic E-state index is 0.516. The van der Waals surface area contributed by atoms with Gasteiger partial charge in [-0.25, -0.2) is 4.98 Å². The lowest BCUT2D eigenvalue weighted by molar-refractivity contribution is 0.0894. The highest BCUT2D eigenvalue weighted by molar-refractivity contribution is 5.99. The van der Waals surface area contributed by atoms with Crippen molar-refractivity contribution in [3.8, 4) is 17.0 Å². The van der Waals surface area contributed by atoms with Crippen LogP contribution in [0.1, 0.15) is 0 Å². The second kappa shape index (κ2) is 8.65. The number of likely N-dealkylation sites (N-methyl/N-ethyl adjacent to an activating group) is 1. The SMILES string of the molecule is CN(C)CCOCCOc1ccc(-c2cccc(N)n2)c2ccccc12. The van der Waals surface area contributed by atoms with Crippen molar-refractivity contribution in [1.82, 2.24) is 9.88 Å². The number of nitrogen functional groups attached to an aromatic ring is 1. The fourth-order valence-electron chi connectivity index (χ4n) is 2.78. The minimum Gasteiger partial charge on any atom is -0.491 e. The summed E-state index contributed by atoms with van der Waals surface area (Å²) in [5.74, 6) is 1.37. The largest absolute Gasteiger partial charge is 0.491 e. The molecule has 2 aromatic carbocycles. The predicted molar refractivity (Wildman–Crippen MR) is 106 cm³/mol. The van der Waals surface area contributed by atoms with Gasteiger partial charge in [0.25, 0.3) is 0 Å². The van der Waals surface area contributed by atoms with Crippen molar-refractivity contribution < 1.29 is 9.47 Å². The van der Waals surface area contributed by atoms with Gasteiger partial charge in [0.05, 0.1) is 18.9 Å². The number of nitrogens with zero attached hydrogens (tertiary/aromatic N) is 2. The summed E-state index contributed by atoms with van der Waals surface area (Å²) in [7, 11) is 4.06. The van der Waals surface area contributed by atoms with Gasteiger partial charge in [-0.05, 0) is 43.7 Å². The van der Waals surface area contributed by atoms with Crippen molar-refractivity contribution in [3.63, 3.8) is 0 Å². The molecule has 1 aromatic heterocycles. The summed E-state index contributed by atoms with van der Waals surface area (Å²) in [6, 6.07) is 17.9. The van der Waals surface area contributed by atoms with Crippen LogP contribution in [0.2, 0.25) is 0 Å². The molecule has 0 aliphatic rings. The highest BCUT2D eigenvalue weighted by atomic mass is 16.5. The molecule has 0 unspecified atom stereocenters. The fourth-order valence-corrected chi connectivity index (χ4v) is 2.78. The molecule has 26 heavy (non-hydrogen) atoms. The number of rotatable bonds is 8. The van der Waals surface area contributed by atoms with E-state index in [4.69, 9.17) is 15.2 Å². The fraction of sp³-hybridized carbons (Fsp3) is 0.286. The van der Waals surface area contributed by atoms with Crippen LogP contribution in [0.5, 0.6) is 5.75 Å². The molecule has 0 atom stereocenters. The third-order valence-electron chi connectivity index (χ3n) is 4.10. The third-order valence-corrected chi connectivity index (χ3v) is 4.10. The molecule has 0 amide bonds. The molecule has 3 aromatic rings. The van der Waals surface area contributed by atoms with Crippen LogP contribution in [0.15, 0.2) is 54.6 Å². The minimum absolute atomic E-state index is 0.516. The number of ether oxygens (including phenoxy) is 2. The van der Waals surface area contributed by atoms with Crippen LogP contribution in [0, 0.1) is 0 Å². The van der Waals surface area contributed by atoms with Gasteiger partial charge in [0.2, 0.25) is 0 Å². The summed E-state index contributed by atoms with van der Waals surface area (Å²) in [5.41, 5.74) is 7.75. The van der Waals surface area contributed by atoms with Gasteiger partial charge >= 0.3 is 0 Å². The number of benzene rings is 2. The van der Waals surface area contributed by atoms with Crippen LogP contribution in [-0.2, 0) is 4.74 Å². The Hall–Kier alpha value is -2.63. The molecule has 2 N–H and O–H groups in total. The van der Waals surface area contributed by atoms with E-state index in [-0.39, 0.29) is 0 Å². The number of anilines is 1. The van der Waals surface area contributed by atoms with E-state index >= 15 is 0 Å². The van der Waals surface area contributed by atoms with Gasteiger partial charge in [0, 0.05) is 17.5 Å². The first-order valence-corrected chi connectivity index (χ1v) is 8.75. The van der Waals surface area contributed by atoms with Crippen LogP contribution < -0.4 is 10.5 Å². The Morgan fingerprint density at radius 1 is 0.885 bits per heavy atom. The Bertz CT molecular complexity index is 865. The number of hydrogen-bond acceptors (Lipinski definition) is 5. The highest BCUT2D eigenvalue weighted by Crippen LogP contribution is 2.33. The van der Waals surface area contributed by atoms with Crippen LogP contribution in [0.4, 0.5) is 5.82 Å². The first-order chi connectivity index (χ1) is 12.6. The zero-order chi connectivity index (χ0) is 18.4. The van der Waals surface area contributed by atoms with Crippen molar-refractivity contribution in [3.05, 3.63) is 54.6 Å². The molecule has 0 aliphatic heterocycles. The molecular weight excluding hydrogens is 326 g/mol. The first kappa shape index (κ1) is 18.2. The monoisotopic (exact) mass is 351 g/mol. The summed E-state index contributed by atoms with van der Waals surface area (Å²) in [6.07, 6.45) is 0. The van der Waals surface area contributed by atoms with Crippen LogP contribution in [-0.4, -0.2) is 50.3 Å². The van der Waals surface area contributed by atoms with Gasteiger partial charge in [-0.3, -0.25) is 0 Å². The Morgan fingerprint density at radius 2 is 1.69 bits per heavy atom. The van der Waals surface area contributed by atoms with Crippen molar-refractivity contribution in [2.75, 3.05) is 46.2 Å². The lowest BCUT2D eigenvalue weighted by atomic mass is 10.0. The lowest BCUT2D eigenvalue weighted by Crippen LogP contribution is -2.19. The van der Waals surface area contributed by atoms with Crippen molar-refractivity contribution in [1.29, 1.82) is 0 Å². The summed E-state index contributed by atoms with van der Waals surface area (Å²) < 4.78 is 11.6. The third kappa shape index (κ3) is 4.50. The number of fused-ring (bicyclic) bond motifs is 1. The zero-order valence-electron chi connectivity index (χ0n) is 15.3. The second-order valence-electron chi connectivity index (χ2n) is 6.37.